The molecular formula is C11H9F2N3OS. The lowest BCUT2D eigenvalue weighted by Gasteiger charge is -2.04. The normalized spacial score (nSPS) is 10.3. The number of nitrogens with one attached hydrogen (secondary N) is 1. The molecule has 0 unspecified atom stereocenters. The number of thiazole rings is 1. The number of carbonyl (C=O) groups excluding carboxylic acids is 1. The third kappa shape index (κ3) is 2.80. The van der Waals surface area contributed by atoms with E-state index in [0.717, 1.165) is 29.5 Å². The summed E-state index contributed by atoms with van der Waals surface area (Å²) in [6.45, 7) is -0.111. The summed E-state index contributed by atoms with van der Waals surface area (Å²) in [5.41, 5.74) is 5.62. The van der Waals surface area contributed by atoms with E-state index in [-0.39, 0.29) is 22.9 Å². The Morgan fingerprint density at radius 3 is 2.89 bits per heavy atom. The molecule has 18 heavy (non-hydrogen) atoms. The number of carbonyl (C=O) groups is 1. The lowest BCUT2D eigenvalue weighted by molar-refractivity contribution is 0.0946. The van der Waals surface area contributed by atoms with Gasteiger partial charge in [-0.2, -0.15) is 0 Å². The van der Waals surface area contributed by atoms with E-state index in [1.54, 1.807) is 0 Å². The van der Waals surface area contributed by atoms with Crippen molar-refractivity contribution in [2.24, 2.45) is 0 Å². The average molecular weight is 269 g/mol. The van der Waals surface area contributed by atoms with Crippen molar-refractivity contribution in [3.05, 3.63) is 46.5 Å². The van der Waals surface area contributed by atoms with Gasteiger partial charge in [0.25, 0.3) is 5.91 Å². The van der Waals surface area contributed by atoms with Crippen LogP contribution in [0.4, 0.5) is 13.9 Å². The second-order valence-corrected chi connectivity index (χ2v) is 4.38. The van der Waals surface area contributed by atoms with Crippen molar-refractivity contribution in [1.82, 2.24) is 10.3 Å². The van der Waals surface area contributed by atoms with Gasteiger partial charge in [0, 0.05) is 17.5 Å². The van der Waals surface area contributed by atoms with Gasteiger partial charge in [-0.05, 0) is 18.2 Å². The minimum Gasteiger partial charge on any atom is -0.375 e. The molecule has 0 saturated carbocycles. The second-order valence-electron chi connectivity index (χ2n) is 3.49. The van der Waals surface area contributed by atoms with Gasteiger partial charge in [0.05, 0.1) is 0 Å². The summed E-state index contributed by atoms with van der Waals surface area (Å²) < 4.78 is 26.2. The molecule has 1 heterocycles. The van der Waals surface area contributed by atoms with Crippen molar-refractivity contribution < 1.29 is 13.6 Å². The Morgan fingerprint density at radius 1 is 1.44 bits per heavy atom. The predicted octanol–water partition coefficient (Wildman–Crippen LogP) is 1.93. The van der Waals surface area contributed by atoms with Crippen LogP contribution in [-0.4, -0.2) is 10.9 Å². The van der Waals surface area contributed by atoms with Gasteiger partial charge in [-0.25, -0.2) is 13.8 Å². The fraction of sp³-hybridized carbons (Fsp3) is 0.0909. The highest BCUT2D eigenvalue weighted by molar-refractivity contribution is 7.13. The van der Waals surface area contributed by atoms with Gasteiger partial charge in [-0.3, -0.25) is 4.79 Å². The van der Waals surface area contributed by atoms with Gasteiger partial charge >= 0.3 is 0 Å². The van der Waals surface area contributed by atoms with E-state index in [4.69, 9.17) is 5.73 Å². The molecule has 0 aliphatic rings. The van der Waals surface area contributed by atoms with Crippen molar-refractivity contribution in [2.75, 3.05) is 5.73 Å². The van der Waals surface area contributed by atoms with E-state index in [1.807, 2.05) is 0 Å². The van der Waals surface area contributed by atoms with Gasteiger partial charge in [0.2, 0.25) is 0 Å². The molecule has 0 saturated heterocycles. The Balaban J connectivity index is 2.03. The quantitative estimate of drug-likeness (QED) is 0.894. The Morgan fingerprint density at radius 2 is 2.22 bits per heavy atom. The smallest absolute Gasteiger partial charge is 0.271 e. The van der Waals surface area contributed by atoms with Crippen LogP contribution in [0.15, 0.2) is 23.6 Å². The number of rotatable bonds is 3. The molecule has 1 aromatic heterocycles. The van der Waals surface area contributed by atoms with E-state index in [2.05, 4.69) is 10.3 Å². The molecule has 94 valence electrons. The maximum absolute atomic E-state index is 13.3. The summed E-state index contributed by atoms with van der Waals surface area (Å²) in [5, 5.41) is 4.21. The zero-order valence-electron chi connectivity index (χ0n) is 9.11. The summed E-state index contributed by atoms with van der Waals surface area (Å²) in [7, 11) is 0. The molecule has 7 heteroatoms. The summed E-state index contributed by atoms with van der Waals surface area (Å²) in [4.78, 5) is 15.4. The van der Waals surface area contributed by atoms with Crippen molar-refractivity contribution in [2.45, 2.75) is 6.54 Å². The Bertz CT molecular complexity index is 585. The fourth-order valence-corrected chi connectivity index (χ4v) is 1.88. The largest absolute Gasteiger partial charge is 0.375 e. The molecule has 2 rings (SSSR count). The van der Waals surface area contributed by atoms with Crippen LogP contribution in [0.3, 0.4) is 0 Å². The van der Waals surface area contributed by atoms with Gasteiger partial charge < -0.3 is 11.1 Å². The first kappa shape index (κ1) is 12.4. The van der Waals surface area contributed by atoms with Crippen molar-refractivity contribution >= 4 is 22.4 Å². The van der Waals surface area contributed by atoms with Crippen LogP contribution in [0.25, 0.3) is 0 Å². The molecule has 0 spiro atoms. The third-order valence-electron chi connectivity index (χ3n) is 2.20. The molecule has 0 aliphatic carbocycles. The highest BCUT2D eigenvalue weighted by Gasteiger charge is 2.10. The standard InChI is InChI=1S/C11H9F2N3OS/c12-7-1-2-8(13)6(3-7)4-15-10(17)9-5-18-11(14)16-9/h1-3,5H,4H2,(H2,14,16)(H,15,17). The first-order chi connectivity index (χ1) is 8.56. The van der Waals surface area contributed by atoms with Crippen LogP contribution in [-0.2, 0) is 6.54 Å². The van der Waals surface area contributed by atoms with E-state index >= 15 is 0 Å². The van der Waals surface area contributed by atoms with Gasteiger partial charge in [-0.1, -0.05) is 0 Å². The summed E-state index contributed by atoms with van der Waals surface area (Å²) >= 11 is 1.13. The van der Waals surface area contributed by atoms with Gasteiger partial charge in [0.1, 0.15) is 17.3 Å². The van der Waals surface area contributed by atoms with Crippen LogP contribution in [0.2, 0.25) is 0 Å². The topological polar surface area (TPSA) is 68.0 Å². The molecule has 3 N–H and O–H groups in total. The number of amides is 1. The first-order valence-corrected chi connectivity index (χ1v) is 5.87. The van der Waals surface area contributed by atoms with Crippen LogP contribution in [0.1, 0.15) is 16.1 Å². The van der Waals surface area contributed by atoms with Crippen molar-refractivity contribution in [1.29, 1.82) is 0 Å². The lowest BCUT2D eigenvalue weighted by atomic mass is 10.2. The van der Waals surface area contributed by atoms with Crippen LogP contribution in [0, 0.1) is 11.6 Å². The molecule has 1 aromatic carbocycles. The number of hydrogen-bond donors (Lipinski definition) is 2. The molecule has 1 amide bonds. The zero-order chi connectivity index (χ0) is 13.1. The predicted molar refractivity (Wildman–Crippen MR) is 64.1 cm³/mol. The molecule has 0 atom stereocenters. The monoisotopic (exact) mass is 269 g/mol. The molecule has 0 fully saturated rings. The summed E-state index contributed by atoms with van der Waals surface area (Å²) in [6.07, 6.45) is 0. The van der Waals surface area contributed by atoms with Crippen LogP contribution < -0.4 is 11.1 Å². The maximum Gasteiger partial charge on any atom is 0.271 e. The van der Waals surface area contributed by atoms with Crippen LogP contribution in [0.5, 0.6) is 0 Å². The SMILES string of the molecule is Nc1nc(C(=O)NCc2cc(F)ccc2F)cs1. The minimum atomic E-state index is -0.575. The number of nitrogens with zero attached hydrogens (tertiary/aromatic N) is 1. The van der Waals surface area contributed by atoms with Gasteiger partial charge in [0.15, 0.2) is 5.13 Å². The molecule has 0 radical (unpaired) electrons. The Hall–Kier alpha value is -2.02. The maximum atomic E-state index is 13.3. The average Bonchev–Trinajstić information content (AvgIpc) is 2.77. The second kappa shape index (κ2) is 5.09. The Kier molecular flexibility index (Phi) is 3.52. The molecule has 2 aromatic rings. The minimum absolute atomic E-state index is 0.0755. The highest BCUT2D eigenvalue weighted by Crippen LogP contribution is 2.12. The number of halogens is 2. The fourth-order valence-electron chi connectivity index (χ4n) is 1.34. The molecular weight excluding hydrogens is 260 g/mol. The number of aromatic nitrogens is 1. The van der Waals surface area contributed by atoms with E-state index in [0.29, 0.717) is 0 Å². The lowest BCUT2D eigenvalue weighted by Crippen LogP contribution is -2.23. The zero-order valence-corrected chi connectivity index (χ0v) is 9.93. The first-order valence-electron chi connectivity index (χ1n) is 4.99. The summed E-state index contributed by atoms with van der Waals surface area (Å²) in [6, 6.07) is 3.06. The number of nitrogen functional groups attached to an aromatic ring is 1. The van der Waals surface area contributed by atoms with E-state index < -0.39 is 17.5 Å². The highest BCUT2D eigenvalue weighted by atomic mass is 32.1. The third-order valence-corrected chi connectivity index (χ3v) is 2.88. The summed E-state index contributed by atoms with van der Waals surface area (Å²) in [5.74, 6) is -1.61. The molecule has 0 aliphatic heterocycles. The number of anilines is 1. The van der Waals surface area contributed by atoms with Crippen LogP contribution >= 0.6 is 11.3 Å². The number of benzene rings is 1. The number of nitrogens with two attached hydrogens (primary N) is 1. The van der Waals surface area contributed by atoms with Crippen molar-refractivity contribution in [3.63, 3.8) is 0 Å². The van der Waals surface area contributed by atoms with E-state index in [9.17, 15) is 13.6 Å². The van der Waals surface area contributed by atoms with Gasteiger partial charge in [-0.15, -0.1) is 11.3 Å². The molecule has 4 nitrogen and oxygen atoms in total. The Labute approximate surface area is 105 Å². The molecule has 0 bridgehead atoms. The van der Waals surface area contributed by atoms with Crippen molar-refractivity contribution in [3.8, 4) is 0 Å². The number of hydrogen-bond acceptors (Lipinski definition) is 4. The van der Waals surface area contributed by atoms with E-state index in [1.165, 1.54) is 5.38 Å².